The van der Waals surface area contributed by atoms with Crippen LogP contribution >= 0.6 is 23.1 Å². The van der Waals surface area contributed by atoms with Gasteiger partial charge in [-0.1, -0.05) is 0 Å². The molecule has 2 aromatic rings. The van der Waals surface area contributed by atoms with Crippen LogP contribution in [0.3, 0.4) is 0 Å². The van der Waals surface area contributed by atoms with Gasteiger partial charge in [-0.05, 0) is 18.2 Å². The Hall–Kier alpha value is -2.33. The first-order chi connectivity index (χ1) is 16.6. The molecule has 3 heterocycles. The van der Waals surface area contributed by atoms with Gasteiger partial charge in [0.25, 0.3) is 0 Å². The summed E-state index contributed by atoms with van der Waals surface area (Å²) >= 11 is 2.98. The number of thiazole rings is 1. The molecule has 6 N–H and O–H groups in total. The molecular weight excluding hydrogens is 502 g/mol. The smallest absolute Gasteiger partial charge is 0.377 e. The fraction of sp³-hybridized carbons (Fsp3) is 0.524. The molecule has 1 aromatic carbocycles. The number of thioether (sulfide) groups is 1. The molecule has 4 rings (SSSR count). The van der Waals surface area contributed by atoms with Gasteiger partial charge in [-0.2, -0.15) is 0 Å². The summed E-state index contributed by atoms with van der Waals surface area (Å²) in [5.74, 6) is -3.62. The molecule has 2 aliphatic heterocycles. The topological polar surface area (TPSA) is 191 Å². The zero-order chi connectivity index (χ0) is 25.3. The van der Waals surface area contributed by atoms with Crippen molar-refractivity contribution in [1.82, 2.24) is 10.3 Å². The van der Waals surface area contributed by atoms with E-state index < -0.39 is 61.1 Å². The van der Waals surface area contributed by atoms with Gasteiger partial charge in [0.2, 0.25) is 5.91 Å². The van der Waals surface area contributed by atoms with Crippen molar-refractivity contribution in [1.29, 1.82) is 0 Å². The number of carbonyl (C=O) groups is 2. The van der Waals surface area contributed by atoms with E-state index in [4.69, 9.17) is 9.47 Å². The van der Waals surface area contributed by atoms with Gasteiger partial charge in [0, 0.05) is 19.2 Å². The maximum atomic E-state index is 12.3. The monoisotopic (exact) mass is 527 g/mol. The maximum Gasteiger partial charge on any atom is 0.377 e. The van der Waals surface area contributed by atoms with Crippen LogP contribution in [-0.2, 0) is 14.3 Å². The van der Waals surface area contributed by atoms with Gasteiger partial charge in [0.05, 0.1) is 35.4 Å². The Labute approximate surface area is 207 Å². The summed E-state index contributed by atoms with van der Waals surface area (Å²) in [7, 11) is 0. The molecule has 190 valence electrons. The minimum absolute atomic E-state index is 0.109. The van der Waals surface area contributed by atoms with Crippen LogP contribution in [0.5, 0.6) is 5.75 Å². The number of nitrogens with one attached hydrogen (secondary N) is 1. The summed E-state index contributed by atoms with van der Waals surface area (Å²) in [5.41, 5.74) is 0.673. The summed E-state index contributed by atoms with van der Waals surface area (Å²) < 4.78 is 12.1. The molecule has 0 aliphatic carbocycles. The molecule has 0 saturated carbocycles. The SMILES string of the molecule is CC(=O)N[C@H]1[C@H]([C@H](O)[C@H](O)CO)O[C@@](Oc2ccc3nc(C4=NCCS4)sc3c2)(C(=O)O)C[C@@H]1O. The third-order valence-electron chi connectivity index (χ3n) is 5.60. The number of nitrogens with zero attached hydrogens (tertiary/aromatic N) is 2. The number of rotatable bonds is 8. The minimum Gasteiger partial charge on any atom is -0.476 e. The molecule has 1 fully saturated rings. The van der Waals surface area contributed by atoms with E-state index in [1.54, 1.807) is 23.9 Å². The standard InChI is InChI=1S/C21H25N3O9S2/c1-9(26)23-15-12(27)7-21(20(30)31,33-17(15)16(29)13(28)8-25)32-10-2-3-11-14(6-10)35-19(24-11)18-22-4-5-34-18/h2-3,6,12-13,15-17,25,27-29H,4-5,7-8H2,1H3,(H,23,26)(H,30,31)/t12-,13+,15+,16+,17+,21+/m0/s1. The van der Waals surface area contributed by atoms with Crippen molar-refractivity contribution < 1.29 is 44.6 Å². The van der Waals surface area contributed by atoms with Gasteiger partial charge in [0.1, 0.15) is 34.1 Å². The third-order valence-corrected chi connectivity index (χ3v) is 7.73. The van der Waals surface area contributed by atoms with Crippen molar-refractivity contribution in [3.05, 3.63) is 23.2 Å². The van der Waals surface area contributed by atoms with Crippen LogP contribution in [0, 0.1) is 0 Å². The van der Waals surface area contributed by atoms with Crippen LogP contribution in [0.25, 0.3) is 10.2 Å². The Morgan fingerprint density at radius 2 is 2.14 bits per heavy atom. The molecule has 0 spiro atoms. The van der Waals surface area contributed by atoms with Crippen molar-refractivity contribution in [3.63, 3.8) is 0 Å². The predicted octanol–water partition coefficient (Wildman–Crippen LogP) is -0.682. The van der Waals surface area contributed by atoms with Crippen molar-refractivity contribution in [2.75, 3.05) is 18.9 Å². The van der Waals surface area contributed by atoms with Gasteiger partial charge in [-0.15, -0.1) is 23.1 Å². The molecular formula is C21H25N3O9S2. The lowest BCUT2D eigenvalue weighted by atomic mass is 9.88. The largest absolute Gasteiger partial charge is 0.476 e. The lowest BCUT2D eigenvalue weighted by Gasteiger charge is -2.46. The Kier molecular flexibility index (Phi) is 7.61. The van der Waals surface area contributed by atoms with Crippen molar-refractivity contribution in [2.45, 2.75) is 49.6 Å². The lowest BCUT2D eigenvalue weighted by Crippen LogP contribution is -2.68. The highest BCUT2D eigenvalue weighted by Crippen LogP contribution is 2.37. The quantitative estimate of drug-likeness (QED) is 0.255. The van der Waals surface area contributed by atoms with E-state index in [1.165, 1.54) is 24.3 Å². The van der Waals surface area contributed by atoms with Crippen molar-refractivity contribution in [3.8, 4) is 5.75 Å². The number of fused-ring (bicyclic) bond motifs is 1. The molecule has 12 nitrogen and oxygen atoms in total. The van der Waals surface area contributed by atoms with Crippen LogP contribution in [0.4, 0.5) is 0 Å². The lowest BCUT2D eigenvalue weighted by molar-refractivity contribution is -0.284. The van der Waals surface area contributed by atoms with E-state index in [0.29, 0.717) is 10.2 Å². The number of carboxylic acids is 1. The van der Waals surface area contributed by atoms with Crippen LogP contribution in [0.15, 0.2) is 23.2 Å². The number of aliphatic hydroxyl groups is 4. The van der Waals surface area contributed by atoms with Gasteiger partial charge in [0.15, 0.2) is 0 Å². The van der Waals surface area contributed by atoms with Crippen LogP contribution in [0.2, 0.25) is 0 Å². The van der Waals surface area contributed by atoms with E-state index in [-0.39, 0.29) is 5.75 Å². The maximum absolute atomic E-state index is 12.3. The Bertz CT molecular complexity index is 1140. The molecule has 1 saturated heterocycles. The number of aromatic nitrogens is 1. The first kappa shape index (κ1) is 25.8. The second-order valence-electron chi connectivity index (χ2n) is 8.16. The van der Waals surface area contributed by atoms with Gasteiger partial charge < -0.3 is 40.3 Å². The summed E-state index contributed by atoms with van der Waals surface area (Å²) in [6.07, 6.45) is -7.30. The molecule has 14 heteroatoms. The number of hydrogen-bond acceptors (Lipinski definition) is 12. The molecule has 35 heavy (non-hydrogen) atoms. The molecule has 0 unspecified atom stereocenters. The van der Waals surface area contributed by atoms with E-state index in [9.17, 15) is 35.1 Å². The zero-order valence-electron chi connectivity index (χ0n) is 18.5. The Morgan fingerprint density at radius 1 is 1.37 bits per heavy atom. The van der Waals surface area contributed by atoms with Crippen LogP contribution in [0.1, 0.15) is 18.4 Å². The van der Waals surface area contributed by atoms with E-state index in [0.717, 1.165) is 22.3 Å². The Balaban J connectivity index is 1.65. The number of amides is 1. The van der Waals surface area contributed by atoms with Gasteiger partial charge >= 0.3 is 11.8 Å². The van der Waals surface area contributed by atoms with Crippen LogP contribution < -0.4 is 10.1 Å². The number of aliphatic carboxylic acids is 1. The second-order valence-corrected chi connectivity index (χ2v) is 10.3. The number of hydrogen-bond donors (Lipinski definition) is 6. The molecule has 0 radical (unpaired) electrons. The number of carboxylic acid groups (broad SMARTS) is 1. The first-order valence-electron chi connectivity index (χ1n) is 10.7. The van der Waals surface area contributed by atoms with E-state index in [1.807, 2.05) is 0 Å². The molecule has 2 aliphatic rings. The fourth-order valence-corrected chi connectivity index (χ4v) is 5.87. The fourth-order valence-electron chi connectivity index (χ4n) is 3.95. The number of ether oxygens (including phenoxy) is 2. The molecule has 1 aromatic heterocycles. The van der Waals surface area contributed by atoms with Crippen molar-refractivity contribution in [2.24, 2.45) is 4.99 Å². The first-order valence-corrected chi connectivity index (χ1v) is 12.5. The number of carbonyl (C=O) groups excluding carboxylic acids is 1. The minimum atomic E-state index is -2.46. The second kappa shape index (κ2) is 10.3. The van der Waals surface area contributed by atoms with Gasteiger partial charge in [-0.25, -0.2) is 9.78 Å². The van der Waals surface area contributed by atoms with E-state index >= 15 is 0 Å². The van der Waals surface area contributed by atoms with Gasteiger partial charge in [-0.3, -0.25) is 9.79 Å². The average Bonchev–Trinajstić information content (AvgIpc) is 3.49. The molecule has 1 amide bonds. The summed E-state index contributed by atoms with van der Waals surface area (Å²) in [6.45, 7) is 1.03. The highest BCUT2D eigenvalue weighted by Gasteiger charge is 2.56. The van der Waals surface area contributed by atoms with E-state index in [2.05, 4.69) is 15.3 Å². The Morgan fingerprint density at radius 3 is 2.77 bits per heavy atom. The summed E-state index contributed by atoms with van der Waals surface area (Å²) in [4.78, 5) is 32.9. The van der Waals surface area contributed by atoms with Crippen LogP contribution in [-0.4, -0.2) is 103 Å². The predicted molar refractivity (Wildman–Crippen MR) is 127 cm³/mol. The number of aliphatic hydroxyl groups excluding tert-OH is 4. The number of aliphatic imine (C=N–C) groups is 1. The number of benzene rings is 1. The molecule has 6 atom stereocenters. The zero-order valence-corrected chi connectivity index (χ0v) is 20.2. The normalized spacial score (nSPS) is 28.4. The average molecular weight is 528 g/mol. The summed E-state index contributed by atoms with van der Waals surface area (Å²) in [5, 5.41) is 54.4. The summed E-state index contributed by atoms with van der Waals surface area (Å²) in [6, 6.07) is 3.48. The van der Waals surface area contributed by atoms with Crippen molar-refractivity contribution >= 4 is 50.2 Å². The molecule has 0 bridgehead atoms. The third kappa shape index (κ3) is 5.28. The highest BCUT2D eigenvalue weighted by molar-refractivity contribution is 8.15. The highest BCUT2D eigenvalue weighted by atomic mass is 32.2.